The normalized spacial score (nSPS) is 14.1. The molecule has 0 heterocycles. The van der Waals surface area contributed by atoms with Crippen molar-refractivity contribution < 1.29 is 14.3 Å². The summed E-state index contributed by atoms with van der Waals surface area (Å²) < 4.78 is 5.25. The van der Waals surface area contributed by atoms with Crippen molar-refractivity contribution in [2.24, 2.45) is 11.8 Å². The van der Waals surface area contributed by atoms with Crippen molar-refractivity contribution in [3.05, 3.63) is 24.3 Å². The van der Waals surface area contributed by atoms with E-state index in [1.807, 2.05) is 38.2 Å². The predicted octanol–water partition coefficient (Wildman–Crippen LogP) is 6.38. The van der Waals surface area contributed by atoms with Gasteiger partial charge in [0.2, 0.25) is 0 Å². The smallest absolute Gasteiger partial charge is 0.320 e. The zero-order chi connectivity index (χ0) is 18.9. The number of esters is 2. The molecule has 0 aromatic rings. The Morgan fingerprint density at radius 1 is 0.840 bits per heavy atom. The van der Waals surface area contributed by atoms with E-state index in [9.17, 15) is 9.59 Å². The van der Waals surface area contributed by atoms with Gasteiger partial charge in [-0.15, -0.1) is 0 Å². The van der Waals surface area contributed by atoms with Gasteiger partial charge < -0.3 is 4.74 Å². The van der Waals surface area contributed by atoms with Gasteiger partial charge >= 0.3 is 11.9 Å². The van der Waals surface area contributed by atoms with E-state index in [2.05, 4.69) is 13.8 Å². The summed E-state index contributed by atoms with van der Waals surface area (Å²) in [5, 5.41) is 0. The van der Waals surface area contributed by atoms with Crippen LogP contribution in [0.2, 0.25) is 0 Å². The Bertz CT molecular complexity index is 409. The minimum atomic E-state index is -0.388. The average Bonchev–Trinajstić information content (AvgIpc) is 2.60. The van der Waals surface area contributed by atoms with Gasteiger partial charge in [0.05, 0.1) is 11.8 Å². The van der Waals surface area contributed by atoms with E-state index in [1.165, 1.54) is 12.8 Å². The van der Waals surface area contributed by atoms with E-state index in [4.69, 9.17) is 4.74 Å². The van der Waals surface area contributed by atoms with Crippen LogP contribution < -0.4 is 0 Å². The summed E-state index contributed by atoms with van der Waals surface area (Å²) >= 11 is 0. The Kier molecular flexibility index (Phi) is 15.2. The van der Waals surface area contributed by atoms with Crippen LogP contribution in [-0.4, -0.2) is 11.9 Å². The summed E-state index contributed by atoms with van der Waals surface area (Å²) in [6.45, 7) is 8.15. The molecule has 25 heavy (non-hydrogen) atoms. The standard InChI is InChI=1S/C22H38O3/c1-5-9-12-14-18-19(15-8-4)21(23)25-22(24)20(16-11-7-3)17-13-10-6-2/h7-8,11,15,19-20H,5-6,9-10,12-14,16-18H2,1-4H3/b11-7-,15-8-. The number of rotatable bonds is 14. The molecule has 0 radical (unpaired) electrons. The number of hydrogen-bond acceptors (Lipinski definition) is 3. The fraction of sp³-hybridized carbons (Fsp3) is 0.727. The highest BCUT2D eigenvalue weighted by molar-refractivity contribution is 5.88. The lowest BCUT2D eigenvalue weighted by molar-refractivity contribution is -0.164. The van der Waals surface area contributed by atoms with Gasteiger partial charge in [-0.3, -0.25) is 9.59 Å². The van der Waals surface area contributed by atoms with Gasteiger partial charge in [0.15, 0.2) is 0 Å². The van der Waals surface area contributed by atoms with Gasteiger partial charge in [0.1, 0.15) is 0 Å². The summed E-state index contributed by atoms with van der Waals surface area (Å²) in [4.78, 5) is 24.8. The summed E-state index contributed by atoms with van der Waals surface area (Å²) in [6.07, 6.45) is 17.5. The molecule has 0 aliphatic heterocycles. The molecule has 0 spiro atoms. The lowest BCUT2D eigenvalue weighted by Crippen LogP contribution is -2.25. The van der Waals surface area contributed by atoms with Crippen LogP contribution in [0.4, 0.5) is 0 Å². The third-order valence-corrected chi connectivity index (χ3v) is 4.44. The van der Waals surface area contributed by atoms with E-state index in [-0.39, 0.29) is 23.8 Å². The van der Waals surface area contributed by atoms with Gasteiger partial charge in [-0.1, -0.05) is 83.1 Å². The van der Waals surface area contributed by atoms with Crippen molar-refractivity contribution in [3.63, 3.8) is 0 Å². The second-order valence-electron chi connectivity index (χ2n) is 6.72. The topological polar surface area (TPSA) is 43.4 Å². The molecular weight excluding hydrogens is 312 g/mol. The molecular formula is C22H38O3. The summed E-state index contributed by atoms with van der Waals surface area (Å²) in [6, 6.07) is 0. The number of ether oxygens (including phenoxy) is 1. The zero-order valence-corrected chi connectivity index (χ0v) is 16.8. The maximum absolute atomic E-state index is 12.4. The Hall–Kier alpha value is -1.38. The fourth-order valence-corrected chi connectivity index (χ4v) is 2.85. The number of carbonyl (C=O) groups is 2. The van der Waals surface area contributed by atoms with Crippen LogP contribution >= 0.6 is 0 Å². The van der Waals surface area contributed by atoms with Crippen LogP contribution in [-0.2, 0) is 14.3 Å². The van der Waals surface area contributed by atoms with Gasteiger partial charge in [-0.05, 0) is 33.1 Å². The van der Waals surface area contributed by atoms with Crippen molar-refractivity contribution in [2.75, 3.05) is 0 Å². The zero-order valence-electron chi connectivity index (χ0n) is 16.8. The van der Waals surface area contributed by atoms with Crippen LogP contribution in [0.1, 0.15) is 91.9 Å². The highest BCUT2D eigenvalue weighted by Crippen LogP contribution is 2.19. The summed E-state index contributed by atoms with van der Waals surface area (Å²) in [5.41, 5.74) is 0. The van der Waals surface area contributed by atoms with Gasteiger partial charge in [0, 0.05) is 0 Å². The van der Waals surface area contributed by atoms with Crippen LogP contribution in [0.15, 0.2) is 24.3 Å². The van der Waals surface area contributed by atoms with Crippen molar-refractivity contribution in [3.8, 4) is 0 Å². The largest absolute Gasteiger partial charge is 0.392 e. The van der Waals surface area contributed by atoms with Crippen molar-refractivity contribution in [1.82, 2.24) is 0 Å². The Morgan fingerprint density at radius 2 is 1.48 bits per heavy atom. The number of hydrogen-bond donors (Lipinski definition) is 0. The molecule has 0 aliphatic rings. The number of allylic oxidation sites excluding steroid dienone is 3. The Labute approximate surface area is 154 Å². The molecule has 144 valence electrons. The first-order valence-electron chi connectivity index (χ1n) is 10.1. The average molecular weight is 351 g/mol. The highest BCUT2D eigenvalue weighted by atomic mass is 16.6. The lowest BCUT2D eigenvalue weighted by atomic mass is 9.97. The van der Waals surface area contributed by atoms with Gasteiger partial charge in [0.25, 0.3) is 0 Å². The van der Waals surface area contributed by atoms with E-state index in [1.54, 1.807) is 0 Å². The SMILES string of the molecule is C/C=C\CC(CCCCC)C(=O)OC(=O)C(/C=C\C)CCCCCC. The minimum absolute atomic E-state index is 0.210. The lowest BCUT2D eigenvalue weighted by Gasteiger charge is -2.16. The Balaban J connectivity index is 4.64. The monoisotopic (exact) mass is 350 g/mol. The minimum Gasteiger partial charge on any atom is -0.392 e. The Morgan fingerprint density at radius 3 is 2.08 bits per heavy atom. The first-order chi connectivity index (χ1) is 12.1. The molecule has 0 saturated heterocycles. The molecule has 0 fully saturated rings. The molecule has 0 aromatic heterocycles. The molecule has 0 rings (SSSR count). The molecule has 2 atom stereocenters. The molecule has 3 heteroatoms. The van der Waals surface area contributed by atoms with E-state index < -0.39 is 0 Å². The van der Waals surface area contributed by atoms with E-state index in [0.29, 0.717) is 6.42 Å². The molecule has 0 aliphatic carbocycles. The van der Waals surface area contributed by atoms with Crippen LogP contribution in [0.3, 0.4) is 0 Å². The molecule has 3 nitrogen and oxygen atoms in total. The molecule has 0 bridgehead atoms. The third-order valence-electron chi connectivity index (χ3n) is 4.44. The summed E-state index contributed by atoms with van der Waals surface area (Å²) in [5.74, 6) is -1.26. The molecule has 0 amide bonds. The second kappa shape index (κ2) is 16.1. The summed E-state index contributed by atoms with van der Waals surface area (Å²) in [7, 11) is 0. The fourth-order valence-electron chi connectivity index (χ4n) is 2.85. The number of unbranched alkanes of at least 4 members (excludes halogenated alkanes) is 5. The van der Waals surface area contributed by atoms with Crippen molar-refractivity contribution in [2.45, 2.75) is 91.9 Å². The van der Waals surface area contributed by atoms with Crippen molar-refractivity contribution >= 4 is 11.9 Å². The van der Waals surface area contributed by atoms with Crippen LogP contribution in [0, 0.1) is 11.8 Å². The first-order valence-corrected chi connectivity index (χ1v) is 10.1. The van der Waals surface area contributed by atoms with Gasteiger partial charge in [-0.2, -0.15) is 0 Å². The molecule has 0 saturated carbocycles. The first kappa shape index (κ1) is 23.6. The quantitative estimate of drug-likeness (QED) is 0.158. The van der Waals surface area contributed by atoms with E-state index in [0.717, 1.165) is 44.9 Å². The van der Waals surface area contributed by atoms with E-state index >= 15 is 0 Å². The predicted molar refractivity (Wildman–Crippen MR) is 105 cm³/mol. The van der Waals surface area contributed by atoms with Crippen LogP contribution in [0.25, 0.3) is 0 Å². The molecule has 0 aromatic carbocycles. The maximum atomic E-state index is 12.4. The second-order valence-corrected chi connectivity index (χ2v) is 6.72. The third kappa shape index (κ3) is 11.7. The van der Waals surface area contributed by atoms with Gasteiger partial charge in [-0.25, -0.2) is 0 Å². The molecule has 0 N–H and O–H groups in total. The molecule has 2 unspecified atom stereocenters. The maximum Gasteiger partial charge on any atom is 0.320 e. The highest BCUT2D eigenvalue weighted by Gasteiger charge is 2.25. The van der Waals surface area contributed by atoms with Crippen LogP contribution in [0.5, 0.6) is 0 Å². The van der Waals surface area contributed by atoms with Crippen molar-refractivity contribution in [1.29, 1.82) is 0 Å². The number of carbonyl (C=O) groups excluding carboxylic acids is 2.